The monoisotopic (exact) mass is 278 g/mol. The number of carbonyl (C=O) groups is 2. The molecule has 0 saturated carbocycles. The fraction of sp³-hybridized carbons (Fsp3) is 0.286. The molecule has 0 fully saturated rings. The second-order valence-electron chi connectivity index (χ2n) is 4.52. The average molecular weight is 278 g/mol. The van der Waals surface area contributed by atoms with Crippen LogP contribution in [-0.4, -0.2) is 52.7 Å². The molecule has 108 valence electrons. The van der Waals surface area contributed by atoms with Gasteiger partial charge in [0, 0.05) is 23.6 Å². The fourth-order valence-corrected chi connectivity index (χ4v) is 1.68. The molecule has 0 aliphatic carbocycles. The highest BCUT2D eigenvalue weighted by Crippen LogP contribution is 2.17. The van der Waals surface area contributed by atoms with Gasteiger partial charge in [-0.15, -0.1) is 0 Å². The van der Waals surface area contributed by atoms with Crippen molar-refractivity contribution in [3.63, 3.8) is 0 Å². The van der Waals surface area contributed by atoms with E-state index in [0.717, 1.165) is 13.0 Å². The van der Waals surface area contributed by atoms with Crippen molar-refractivity contribution in [1.29, 1.82) is 0 Å². The maximum Gasteiger partial charge on any atom is 0.414 e. The Balaban J connectivity index is 0.000000286. The van der Waals surface area contributed by atoms with Gasteiger partial charge >= 0.3 is 11.9 Å². The van der Waals surface area contributed by atoms with Crippen LogP contribution in [0.15, 0.2) is 30.5 Å². The predicted octanol–water partition coefficient (Wildman–Crippen LogP) is 1.43. The van der Waals surface area contributed by atoms with E-state index < -0.39 is 11.9 Å². The summed E-state index contributed by atoms with van der Waals surface area (Å²) >= 11 is 0. The van der Waals surface area contributed by atoms with Crippen LogP contribution in [0.4, 0.5) is 0 Å². The molecular formula is C14H18N2O4. The maximum absolute atomic E-state index is 9.10. The van der Waals surface area contributed by atoms with Gasteiger partial charge in [-0.3, -0.25) is 0 Å². The lowest BCUT2D eigenvalue weighted by Gasteiger charge is -2.07. The molecule has 0 saturated heterocycles. The van der Waals surface area contributed by atoms with Gasteiger partial charge in [0.25, 0.3) is 0 Å². The minimum atomic E-state index is -1.82. The first kappa shape index (κ1) is 15.7. The molecule has 20 heavy (non-hydrogen) atoms. The van der Waals surface area contributed by atoms with Crippen LogP contribution in [0, 0.1) is 0 Å². The highest BCUT2D eigenvalue weighted by Gasteiger charge is 2.04. The van der Waals surface area contributed by atoms with E-state index in [1.165, 1.54) is 16.5 Å². The normalized spacial score (nSPS) is 10.2. The number of para-hydroxylation sites is 1. The molecule has 0 amide bonds. The van der Waals surface area contributed by atoms with Gasteiger partial charge in [-0.2, -0.15) is 0 Å². The summed E-state index contributed by atoms with van der Waals surface area (Å²) in [6, 6.07) is 8.45. The fourth-order valence-electron chi connectivity index (χ4n) is 1.68. The van der Waals surface area contributed by atoms with E-state index in [1.807, 2.05) is 0 Å². The van der Waals surface area contributed by atoms with Gasteiger partial charge < -0.3 is 20.1 Å². The zero-order valence-electron chi connectivity index (χ0n) is 11.5. The lowest BCUT2D eigenvalue weighted by molar-refractivity contribution is -0.159. The number of aromatic nitrogens is 1. The first-order valence-corrected chi connectivity index (χ1v) is 6.07. The van der Waals surface area contributed by atoms with E-state index in [-0.39, 0.29) is 0 Å². The van der Waals surface area contributed by atoms with Crippen LogP contribution in [0.3, 0.4) is 0 Å². The highest BCUT2D eigenvalue weighted by atomic mass is 16.4. The number of carboxylic acids is 2. The molecule has 3 N–H and O–H groups in total. The first-order valence-electron chi connectivity index (χ1n) is 6.07. The minimum Gasteiger partial charge on any atom is -0.473 e. The summed E-state index contributed by atoms with van der Waals surface area (Å²) in [5.41, 5.74) is 2.65. The van der Waals surface area contributed by atoms with Crippen molar-refractivity contribution in [3.8, 4) is 0 Å². The molecule has 0 unspecified atom stereocenters. The molecule has 0 aliphatic heterocycles. The molecule has 2 rings (SSSR count). The van der Waals surface area contributed by atoms with E-state index in [0.29, 0.717) is 0 Å². The molecule has 1 aromatic heterocycles. The Morgan fingerprint density at radius 1 is 1.15 bits per heavy atom. The van der Waals surface area contributed by atoms with Gasteiger partial charge in [0.15, 0.2) is 0 Å². The van der Waals surface area contributed by atoms with E-state index in [9.17, 15) is 0 Å². The van der Waals surface area contributed by atoms with Crippen molar-refractivity contribution in [1.82, 2.24) is 9.88 Å². The van der Waals surface area contributed by atoms with E-state index in [1.54, 1.807) is 0 Å². The third kappa shape index (κ3) is 4.74. The van der Waals surface area contributed by atoms with Crippen LogP contribution in [0.5, 0.6) is 0 Å². The summed E-state index contributed by atoms with van der Waals surface area (Å²) in [4.78, 5) is 23.7. The molecule has 0 spiro atoms. The number of H-pyrrole nitrogens is 1. The molecule has 0 radical (unpaired) electrons. The maximum atomic E-state index is 9.10. The molecule has 0 atom stereocenters. The predicted molar refractivity (Wildman–Crippen MR) is 75.8 cm³/mol. The Labute approximate surface area is 116 Å². The standard InChI is InChI=1S/C12H16N2.C2H2O4/c1-14(2)8-7-10-9-13-12-6-4-3-5-11(10)12;3-1(4)2(5)6/h3-6,9,13H,7-8H2,1-2H3;(H,3,4)(H,5,6). The largest absolute Gasteiger partial charge is 0.473 e. The van der Waals surface area contributed by atoms with E-state index in [2.05, 4.69) is 54.4 Å². The van der Waals surface area contributed by atoms with Crippen molar-refractivity contribution in [2.45, 2.75) is 6.42 Å². The van der Waals surface area contributed by atoms with Crippen molar-refractivity contribution < 1.29 is 19.8 Å². The van der Waals surface area contributed by atoms with E-state index in [4.69, 9.17) is 19.8 Å². The molecule has 1 heterocycles. The zero-order chi connectivity index (χ0) is 15.1. The summed E-state index contributed by atoms with van der Waals surface area (Å²) in [5, 5.41) is 16.1. The summed E-state index contributed by atoms with van der Waals surface area (Å²) in [6.07, 6.45) is 3.23. The lowest BCUT2D eigenvalue weighted by atomic mass is 10.1. The zero-order valence-corrected chi connectivity index (χ0v) is 11.5. The number of fused-ring (bicyclic) bond motifs is 1. The summed E-state index contributed by atoms with van der Waals surface area (Å²) in [5.74, 6) is -3.65. The summed E-state index contributed by atoms with van der Waals surface area (Å²) < 4.78 is 0. The molecule has 6 heteroatoms. The van der Waals surface area contributed by atoms with Gasteiger partial charge in [-0.1, -0.05) is 18.2 Å². The number of nitrogens with one attached hydrogen (secondary N) is 1. The third-order valence-corrected chi connectivity index (χ3v) is 2.69. The van der Waals surface area contributed by atoms with Gasteiger partial charge in [-0.25, -0.2) is 9.59 Å². The van der Waals surface area contributed by atoms with Gasteiger partial charge in [0.2, 0.25) is 0 Å². The number of benzene rings is 1. The number of aliphatic carboxylic acids is 2. The molecule has 2 aromatic rings. The Morgan fingerprint density at radius 2 is 1.75 bits per heavy atom. The second-order valence-corrected chi connectivity index (χ2v) is 4.52. The van der Waals surface area contributed by atoms with Gasteiger partial charge in [0.1, 0.15) is 0 Å². The number of carboxylic acid groups (broad SMARTS) is 2. The van der Waals surface area contributed by atoms with Crippen molar-refractivity contribution in [3.05, 3.63) is 36.0 Å². The summed E-state index contributed by atoms with van der Waals surface area (Å²) in [6.45, 7) is 1.10. The Hall–Kier alpha value is -2.34. The van der Waals surface area contributed by atoms with Crippen LogP contribution in [0.25, 0.3) is 10.9 Å². The van der Waals surface area contributed by atoms with E-state index >= 15 is 0 Å². The first-order chi connectivity index (χ1) is 9.41. The summed E-state index contributed by atoms with van der Waals surface area (Å²) in [7, 11) is 4.21. The Morgan fingerprint density at radius 3 is 2.30 bits per heavy atom. The number of hydrogen-bond acceptors (Lipinski definition) is 3. The number of likely N-dealkylation sites (N-methyl/N-ethyl adjacent to an activating group) is 1. The molecular weight excluding hydrogens is 260 g/mol. The second kappa shape index (κ2) is 7.30. The lowest BCUT2D eigenvalue weighted by Crippen LogP contribution is -2.14. The molecule has 1 aromatic carbocycles. The van der Waals surface area contributed by atoms with Crippen molar-refractivity contribution in [2.24, 2.45) is 0 Å². The van der Waals surface area contributed by atoms with Crippen LogP contribution in [0.1, 0.15) is 5.56 Å². The van der Waals surface area contributed by atoms with Crippen molar-refractivity contribution in [2.75, 3.05) is 20.6 Å². The smallest absolute Gasteiger partial charge is 0.414 e. The number of rotatable bonds is 3. The molecule has 6 nitrogen and oxygen atoms in total. The Bertz CT molecular complexity index is 578. The van der Waals surface area contributed by atoms with Crippen LogP contribution >= 0.6 is 0 Å². The average Bonchev–Trinajstić information content (AvgIpc) is 2.80. The molecule has 0 bridgehead atoms. The van der Waals surface area contributed by atoms with Crippen LogP contribution < -0.4 is 0 Å². The quantitative estimate of drug-likeness (QED) is 0.738. The minimum absolute atomic E-state index is 1.10. The highest BCUT2D eigenvalue weighted by molar-refractivity contribution is 6.27. The van der Waals surface area contributed by atoms with Gasteiger partial charge in [0.05, 0.1) is 0 Å². The SMILES string of the molecule is CN(C)CCc1c[nH]c2ccccc12.O=C(O)C(=O)O. The van der Waals surface area contributed by atoms with Gasteiger partial charge in [-0.05, 0) is 32.1 Å². The van der Waals surface area contributed by atoms with Crippen LogP contribution in [0.2, 0.25) is 0 Å². The van der Waals surface area contributed by atoms with Crippen LogP contribution in [-0.2, 0) is 16.0 Å². The number of nitrogens with zero attached hydrogens (tertiary/aromatic N) is 1. The Kier molecular flexibility index (Phi) is 5.74. The molecule has 0 aliphatic rings. The third-order valence-electron chi connectivity index (χ3n) is 2.69. The van der Waals surface area contributed by atoms with Crippen molar-refractivity contribution >= 4 is 22.8 Å². The topological polar surface area (TPSA) is 93.6 Å². The number of aromatic amines is 1. The number of hydrogen-bond donors (Lipinski definition) is 3.